The van der Waals surface area contributed by atoms with E-state index in [0.29, 0.717) is 48.7 Å². The van der Waals surface area contributed by atoms with Gasteiger partial charge in [-0.2, -0.15) is 13.2 Å². The number of aromatic amines is 1. The van der Waals surface area contributed by atoms with Crippen LogP contribution in [-0.2, 0) is 6.18 Å². The predicted molar refractivity (Wildman–Crippen MR) is 120 cm³/mol. The minimum absolute atomic E-state index is 0.00517. The minimum atomic E-state index is -4.67. The lowest BCUT2D eigenvalue weighted by Crippen LogP contribution is -2.39. The molecule has 0 radical (unpaired) electrons. The van der Waals surface area contributed by atoms with Crippen molar-refractivity contribution in [2.75, 3.05) is 27.3 Å². The van der Waals surface area contributed by atoms with Crippen LogP contribution in [0, 0.1) is 6.92 Å². The van der Waals surface area contributed by atoms with Crippen LogP contribution in [0.25, 0.3) is 10.9 Å². The molecule has 180 valence electrons. The van der Waals surface area contributed by atoms with Crippen LogP contribution in [0.2, 0.25) is 0 Å². The zero-order valence-electron chi connectivity index (χ0n) is 19.0. The van der Waals surface area contributed by atoms with E-state index in [1.807, 2.05) is 0 Å². The van der Waals surface area contributed by atoms with Crippen molar-refractivity contribution in [1.29, 1.82) is 0 Å². The third-order valence-corrected chi connectivity index (χ3v) is 6.04. The monoisotopic (exact) mass is 475 g/mol. The predicted octanol–water partition coefficient (Wildman–Crippen LogP) is 4.29. The van der Waals surface area contributed by atoms with Crippen LogP contribution in [-0.4, -0.2) is 48.1 Å². The Hall–Kier alpha value is -3.56. The normalized spacial score (nSPS) is 16.5. The number of alkyl halides is 3. The Morgan fingerprint density at radius 2 is 1.88 bits per heavy atom. The molecule has 1 amide bonds. The number of nitrogens with one attached hydrogen (secondary N) is 1. The maximum Gasteiger partial charge on any atom is 0.417 e. The number of hydrogen-bond donors (Lipinski definition) is 1. The van der Waals surface area contributed by atoms with Gasteiger partial charge in [0.1, 0.15) is 0 Å². The summed E-state index contributed by atoms with van der Waals surface area (Å²) in [5.74, 6) is 0.488. The highest BCUT2D eigenvalue weighted by molar-refractivity contribution is 5.95. The van der Waals surface area contributed by atoms with Crippen LogP contribution in [0.15, 0.2) is 35.1 Å². The van der Waals surface area contributed by atoms with Gasteiger partial charge in [0.2, 0.25) is 0 Å². The van der Waals surface area contributed by atoms with Crippen LogP contribution in [0.1, 0.15) is 46.1 Å². The van der Waals surface area contributed by atoms with Gasteiger partial charge >= 0.3 is 6.18 Å². The quantitative estimate of drug-likeness (QED) is 0.609. The Balaban J connectivity index is 1.65. The molecule has 1 aromatic carbocycles. The van der Waals surface area contributed by atoms with Crippen molar-refractivity contribution in [3.63, 3.8) is 0 Å². The molecule has 0 spiro atoms. The van der Waals surface area contributed by atoms with Crippen molar-refractivity contribution in [2.45, 2.75) is 31.9 Å². The zero-order chi connectivity index (χ0) is 24.6. The molecule has 4 rings (SSSR count). The van der Waals surface area contributed by atoms with Crippen molar-refractivity contribution in [1.82, 2.24) is 14.9 Å². The number of hydrogen-bond acceptors (Lipinski definition) is 5. The molecule has 1 atom stereocenters. The zero-order valence-corrected chi connectivity index (χ0v) is 19.0. The van der Waals surface area contributed by atoms with Gasteiger partial charge in [-0.05, 0) is 50.1 Å². The second-order valence-corrected chi connectivity index (χ2v) is 8.28. The number of likely N-dealkylation sites (tertiary alicyclic amines) is 1. The molecule has 34 heavy (non-hydrogen) atoms. The fourth-order valence-corrected chi connectivity index (χ4v) is 4.43. The van der Waals surface area contributed by atoms with E-state index in [9.17, 15) is 22.8 Å². The summed E-state index contributed by atoms with van der Waals surface area (Å²) >= 11 is 0. The standard InChI is InChI=1S/C24H24F3N3O4/c1-13-9-16(24(25,26)27)21-18(28-13)11-17(29-22(21)31)15-5-4-8-30(12-15)23(32)14-6-7-19(33-2)20(10-14)34-3/h6-7,9-11,15H,4-5,8,12H2,1-3H3,(H,29,31)/t15-/m1/s1. The molecule has 1 N–H and O–H groups in total. The topological polar surface area (TPSA) is 84.5 Å². The maximum atomic E-state index is 13.5. The number of pyridine rings is 2. The van der Waals surface area contributed by atoms with E-state index in [2.05, 4.69) is 9.97 Å². The number of methoxy groups -OCH3 is 2. The third-order valence-electron chi connectivity index (χ3n) is 6.04. The van der Waals surface area contributed by atoms with Gasteiger partial charge in [-0.15, -0.1) is 0 Å². The van der Waals surface area contributed by atoms with E-state index < -0.39 is 22.7 Å². The molecule has 1 aliphatic rings. The average molecular weight is 475 g/mol. The number of nitrogens with zero attached hydrogens (tertiary/aromatic N) is 2. The molecule has 1 aliphatic heterocycles. The lowest BCUT2D eigenvalue weighted by molar-refractivity contribution is -0.136. The van der Waals surface area contributed by atoms with Gasteiger partial charge in [0.05, 0.1) is 30.7 Å². The van der Waals surface area contributed by atoms with Gasteiger partial charge in [0.15, 0.2) is 11.5 Å². The summed E-state index contributed by atoms with van der Waals surface area (Å²) in [6.07, 6.45) is -3.32. The van der Waals surface area contributed by atoms with Gasteiger partial charge in [-0.3, -0.25) is 14.6 Å². The lowest BCUT2D eigenvalue weighted by atomic mass is 9.93. The van der Waals surface area contributed by atoms with Gasteiger partial charge < -0.3 is 19.4 Å². The Bertz CT molecular complexity index is 1300. The van der Waals surface area contributed by atoms with E-state index in [0.717, 1.165) is 6.07 Å². The molecule has 7 nitrogen and oxygen atoms in total. The molecule has 0 bridgehead atoms. The Morgan fingerprint density at radius 1 is 1.15 bits per heavy atom. The van der Waals surface area contributed by atoms with Crippen molar-refractivity contribution in [3.8, 4) is 11.5 Å². The van der Waals surface area contributed by atoms with Crippen molar-refractivity contribution < 1.29 is 27.4 Å². The second kappa shape index (κ2) is 9.00. The van der Waals surface area contributed by atoms with E-state index in [1.165, 1.54) is 27.2 Å². The van der Waals surface area contributed by atoms with Crippen molar-refractivity contribution in [2.24, 2.45) is 0 Å². The van der Waals surface area contributed by atoms with Gasteiger partial charge in [-0.1, -0.05) is 0 Å². The third kappa shape index (κ3) is 4.44. The molecular formula is C24H24F3N3O4. The van der Waals surface area contributed by atoms with Crippen molar-refractivity contribution >= 4 is 16.8 Å². The highest BCUT2D eigenvalue weighted by Crippen LogP contribution is 2.35. The first-order chi connectivity index (χ1) is 16.1. The number of amides is 1. The minimum Gasteiger partial charge on any atom is -0.493 e. The molecule has 1 saturated heterocycles. The first kappa shape index (κ1) is 23.6. The fraction of sp³-hybridized carbons (Fsp3) is 0.375. The van der Waals surface area contributed by atoms with E-state index in [4.69, 9.17) is 9.47 Å². The lowest BCUT2D eigenvalue weighted by Gasteiger charge is -2.33. The van der Waals surface area contributed by atoms with E-state index in [-0.39, 0.29) is 23.0 Å². The number of halogens is 3. The molecule has 2 aromatic heterocycles. The first-order valence-electron chi connectivity index (χ1n) is 10.8. The molecule has 0 aliphatic carbocycles. The number of fused-ring (bicyclic) bond motifs is 1. The number of ether oxygens (including phenoxy) is 2. The molecule has 10 heteroatoms. The van der Waals surface area contributed by atoms with E-state index >= 15 is 0 Å². The Morgan fingerprint density at radius 3 is 2.56 bits per heavy atom. The van der Waals surface area contributed by atoms with E-state index in [1.54, 1.807) is 23.1 Å². The summed E-state index contributed by atoms with van der Waals surface area (Å²) in [4.78, 5) is 34.3. The van der Waals surface area contributed by atoms with Crippen LogP contribution in [0.4, 0.5) is 13.2 Å². The van der Waals surface area contributed by atoms with Crippen molar-refractivity contribution in [3.05, 3.63) is 63.2 Å². The highest BCUT2D eigenvalue weighted by atomic mass is 19.4. The summed E-state index contributed by atoms with van der Waals surface area (Å²) in [6, 6.07) is 7.28. The van der Waals surface area contributed by atoms with Crippen LogP contribution >= 0.6 is 0 Å². The maximum absolute atomic E-state index is 13.5. The number of aromatic nitrogens is 2. The fourth-order valence-electron chi connectivity index (χ4n) is 4.43. The number of carbonyl (C=O) groups is 1. The summed E-state index contributed by atoms with van der Waals surface area (Å²) < 4.78 is 51.0. The molecule has 0 unspecified atom stereocenters. The summed E-state index contributed by atoms with van der Waals surface area (Å²) in [5, 5.41) is -0.476. The molecule has 3 heterocycles. The number of benzene rings is 1. The number of aryl methyl sites for hydroxylation is 1. The number of piperidine rings is 1. The van der Waals surface area contributed by atoms with Gasteiger partial charge in [0.25, 0.3) is 11.5 Å². The summed E-state index contributed by atoms with van der Waals surface area (Å²) in [7, 11) is 2.99. The first-order valence-corrected chi connectivity index (χ1v) is 10.8. The molecule has 3 aromatic rings. The van der Waals surface area contributed by atoms with Crippen LogP contribution < -0.4 is 15.0 Å². The smallest absolute Gasteiger partial charge is 0.417 e. The average Bonchev–Trinajstić information content (AvgIpc) is 2.81. The molecule has 1 fully saturated rings. The van der Waals surface area contributed by atoms with Gasteiger partial charge in [-0.25, -0.2) is 0 Å². The highest BCUT2D eigenvalue weighted by Gasteiger charge is 2.35. The molecular weight excluding hydrogens is 451 g/mol. The molecule has 0 saturated carbocycles. The largest absolute Gasteiger partial charge is 0.493 e. The van der Waals surface area contributed by atoms with Crippen LogP contribution in [0.5, 0.6) is 11.5 Å². The Kier molecular flexibility index (Phi) is 6.24. The SMILES string of the molecule is COc1ccc(C(=O)N2CCC[C@@H](c3cc4nc(C)cc(C(F)(F)F)c4c(=O)[nH]3)C2)cc1OC. The second-order valence-electron chi connectivity index (χ2n) is 8.28. The number of rotatable bonds is 4. The van der Waals surface area contributed by atoms with Gasteiger partial charge in [0, 0.05) is 36.0 Å². The van der Waals surface area contributed by atoms with Crippen LogP contribution in [0.3, 0.4) is 0 Å². The Labute approximate surface area is 193 Å². The number of H-pyrrole nitrogens is 1. The summed E-state index contributed by atoms with van der Waals surface area (Å²) in [5.41, 5.74) is -0.780. The number of carbonyl (C=O) groups excluding carboxylic acids is 1. The summed E-state index contributed by atoms with van der Waals surface area (Å²) in [6.45, 7) is 2.29.